The smallest absolute Gasteiger partial charge is 0.202 e. The third-order valence-corrected chi connectivity index (χ3v) is 20.3. The van der Waals surface area contributed by atoms with Crippen LogP contribution in [0.5, 0.6) is 23.5 Å². The lowest BCUT2D eigenvalue weighted by Crippen LogP contribution is -2.26. The molecule has 8 aromatic carbocycles. The van der Waals surface area contributed by atoms with E-state index < -0.39 is 15.8 Å². The van der Waals surface area contributed by atoms with Gasteiger partial charge in [-0.2, -0.15) is 0 Å². The van der Waals surface area contributed by atoms with Crippen molar-refractivity contribution in [2.45, 2.75) is 36.5 Å². The fourth-order valence-corrected chi connectivity index (χ4v) is 17.4. The summed E-state index contributed by atoms with van der Waals surface area (Å²) in [5.41, 5.74) is 6.80. The Labute approximate surface area is 407 Å². The quantitative estimate of drug-likeness (QED) is 0.0857. The van der Waals surface area contributed by atoms with Crippen LogP contribution in [0.25, 0.3) is 44.0 Å². The molecule has 4 atom stereocenters. The van der Waals surface area contributed by atoms with Gasteiger partial charge in [-0.3, -0.25) is 9.13 Å². The second-order valence-electron chi connectivity index (χ2n) is 19.0. The Balaban J connectivity index is 1.14. The average molecular weight is 945 g/mol. The van der Waals surface area contributed by atoms with Gasteiger partial charge in [0.15, 0.2) is 0 Å². The van der Waals surface area contributed by atoms with Crippen molar-refractivity contribution < 1.29 is 20.4 Å². The summed E-state index contributed by atoms with van der Waals surface area (Å²) >= 11 is 0. The predicted molar refractivity (Wildman–Crippen MR) is 288 cm³/mol. The summed E-state index contributed by atoms with van der Waals surface area (Å²) in [5.74, 6) is 0.635. The number of aromatic hydroxyl groups is 4. The zero-order valence-corrected chi connectivity index (χ0v) is 39.7. The van der Waals surface area contributed by atoms with Crippen LogP contribution in [0.2, 0.25) is 0 Å². The van der Waals surface area contributed by atoms with Gasteiger partial charge in [0.1, 0.15) is 0 Å². The number of allylic oxidation sites excluding steroid dienone is 4. The molecule has 0 aliphatic heterocycles. The van der Waals surface area contributed by atoms with Crippen LogP contribution in [0.1, 0.15) is 58.8 Å². The Bertz CT molecular complexity index is 3410. The number of fused-ring (bicyclic) bond motifs is 12. The van der Waals surface area contributed by atoms with Gasteiger partial charge in [0, 0.05) is 56.7 Å². The minimum Gasteiger partial charge on any atom is -0.494 e. The van der Waals surface area contributed by atoms with E-state index in [0.29, 0.717) is 11.4 Å². The number of nitrogens with zero attached hydrogens (tertiary/aromatic N) is 2. The molecule has 0 spiro atoms. The van der Waals surface area contributed by atoms with Crippen LogP contribution in [-0.4, -0.2) is 29.6 Å². The van der Waals surface area contributed by atoms with E-state index in [0.717, 1.165) is 78.4 Å². The molecule has 2 aromatic heterocycles. The minimum absolute atomic E-state index is 0.0685. The summed E-state index contributed by atoms with van der Waals surface area (Å²) in [6, 6.07) is 64.7. The first-order chi connectivity index (χ1) is 34.4. The molecule has 0 radical (unpaired) electrons. The van der Waals surface area contributed by atoms with E-state index >= 15 is 0 Å². The van der Waals surface area contributed by atoms with Gasteiger partial charge in [-0.25, -0.2) is 0 Å². The molecular formula is C62H46N2O4P2. The van der Waals surface area contributed by atoms with Crippen molar-refractivity contribution >= 4 is 69.2 Å². The van der Waals surface area contributed by atoms with E-state index in [4.69, 9.17) is 0 Å². The van der Waals surface area contributed by atoms with E-state index in [2.05, 4.69) is 194 Å². The normalized spacial score (nSPS) is 18.3. The molecule has 0 saturated heterocycles. The summed E-state index contributed by atoms with van der Waals surface area (Å²) in [6.07, 6.45) is 10.4. The van der Waals surface area contributed by atoms with Crippen LogP contribution in [0.4, 0.5) is 0 Å². The number of hydrogen-bond acceptors (Lipinski definition) is 4. The van der Waals surface area contributed by atoms with E-state index in [9.17, 15) is 20.4 Å². The Hall–Kier alpha value is -7.62. The molecule has 4 bridgehead atoms. The lowest BCUT2D eigenvalue weighted by atomic mass is 9.92. The van der Waals surface area contributed by atoms with E-state index in [1.54, 1.807) is 9.13 Å². The van der Waals surface area contributed by atoms with Crippen molar-refractivity contribution in [1.29, 1.82) is 0 Å². The largest absolute Gasteiger partial charge is 0.494 e. The van der Waals surface area contributed by atoms with Gasteiger partial charge in [-0.15, -0.1) is 0 Å². The highest BCUT2D eigenvalue weighted by Crippen LogP contribution is 2.59. The first-order valence-electron chi connectivity index (χ1n) is 24.1. The fourth-order valence-electron chi connectivity index (χ4n) is 12.4. The van der Waals surface area contributed by atoms with Crippen molar-refractivity contribution in [2.24, 2.45) is 0 Å². The van der Waals surface area contributed by atoms with E-state index in [1.807, 2.05) is 12.1 Å². The average Bonchev–Trinajstić information content (AvgIpc) is 4.28. The third kappa shape index (κ3) is 6.00. The zero-order valence-electron chi connectivity index (χ0n) is 37.9. The van der Waals surface area contributed by atoms with Crippen LogP contribution in [0.3, 0.4) is 0 Å². The first-order valence-corrected chi connectivity index (χ1v) is 26.8. The highest BCUT2D eigenvalue weighted by molar-refractivity contribution is 7.80. The van der Waals surface area contributed by atoms with Crippen LogP contribution >= 0.6 is 15.8 Å². The number of hydrogen-bond donors (Lipinski definition) is 4. The first kappa shape index (κ1) is 41.4. The lowest BCUT2D eigenvalue weighted by Gasteiger charge is -2.29. The van der Waals surface area contributed by atoms with Crippen molar-refractivity contribution in [3.8, 4) is 46.0 Å². The van der Waals surface area contributed by atoms with E-state index in [-0.39, 0.29) is 47.2 Å². The molecule has 4 aliphatic rings. The maximum Gasteiger partial charge on any atom is 0.202 e. The summed E-state index contributed by atoms with van der Waals surface area (Å²) < 4.78 is 3.34. The van der Waals surface area contributed by atoms with Crippen LogP contribution in [0.15, 0.2) is 206 Å². The third-order valence-electron chi connectivity index (χ3n) is 15.3. The zero-order chi connectivity index (χ0) is 46.8. The van der Waals surface area contributed by atoms with Gasteiger partial charge < -0.3 is 20.4 Å². The van der Waals surface area contributed by atoms with Gasteiger partial charge in [0.05, 0.1) is 11.4 Å². The molecule has 0 saturated carbocycles. The molecule has 338 valence electrons. The van der Waals surface area contributed by atoms with Crippen molar-refractivity contribution in [3.05, 3.63) is 229 Å². The molecule has 70 heavy (non-hydrogen) atoms. The highest BCUT2D eigenvalue weighted by Gasteiger charge is 2.43. The van der Waals surface area contributed by atoms with Crippen LogP contribution < -0.4 is 31.8 Å². The van der Waals surface area contributed by atoms with Gasteiger partial charge in [0.2, 0.25) is 23.5 Å². The monoisotopic (exact) mass is 944 g/mol. The minimum atomic E-state index is -1.19. The highest BCUT2D eigenvalue weighted by atomic mass is 31.1. The van der Waals surface area contributed by atoms with Gasteiger partial charge in [-0.05, 0) is 94.5 Å². The molecular weight excluding hydrogens is 899 g/mol. The molecule has 4 aliphatic carbocycles. The van der Waals surface area contributed by atoms with Crippen molar-refractivity contribution in [1.82, 2.24) is 9.13 Å². The van der Waals surface area contributed by atoms with Gasteiger partial charge >= 0.3 is 0 Å². The SMILES string of the molecule is Oc1c2c(c(O)n1-c1cccc3c(-c4c(P(c5ccccc5)c5ccccc5)ccc5c(-n6c(O)c7c(c6O)[C@H]6C=C[C@@H]7C6)cccc45)c(P(c4ccccc4)c4ccccc4)ccc13)[C@H]1C=C[C@@H]2C1. The molecule has 6 nitrogen and oxygen atoms in total. The molecule has 10 aromatic rings. The topological polar surface area (TPSA) is 90.8 Å². The summed E-state index contributed by atoms with van der Waals surface area (Å²) in [5, 5.41) is 59.6. The van der Waals surface area contributed by atoms with Crippen LogP contribution in [0, 0.1) is 0 Å². The second-order valence-corrected chi connectivity index (χ2v) is 23.3. The Morgan fingerprint density at radius 2 is 0.614 bits per heavy atom. The Morgan fingerprint density at radius 3 is 0.914 bits per heavy atom. The predicted octanol–water partition coefficient (Wildman–Crippen LogP) is 11.9. The van der Waals surface area contributed by atoms with Crippen molar-refractivity contribution in [2.75, 3.05) is 0 Å². The number of aromatic nitrogens is 2. The standard InChI is InChI=1S/C62H46N2O4P2/c65-59-53-37-27-28-38(35-37)54(53)60(66)63(59)49-25-13-23-47-45(49)31-33-51(69(41-15-5-1-6-16-41)42-17-7-2-8-18-42)57(47)58-48-24-14-26-50(64-61(67)55-39-29-30-40(36-39)56(55)62(64)68)46(48)32-34-52(58)70(43-19-9-3-10-20-43)44-21-11-4-12-22-44/h1-34,37-40,65-68H,35-36H2/t37-,38+,39-,40+. The molecule has 4 N–H and O–H groups in total. The maximum atomic E-state index is 12.2. The molecule has 0 amide bonds. The van der Waals surface area contributed by atoms with Crippen LogP contribution in [-0.2, 0) is 0 Å². The summed E-state index contributed by atoms with van der Waals surface area (Å²) in [4.78, 5) is 0. The number of rotatable bonds is 9. The Kier molecular flexibility index (Phi) is 9.44. The molecule has 14 rings (SSSR count). The number of benzene rings is 8. The fraction of sp³-hybridized carbons (Fsp3) is 0.0968. The molecule has 2 heterocycles. The summed E-state index contributed by atoms with van der Waals surface area (Å²) in [6.45, 7) is 0. The lowest BCUT2D eigenvalue weighted by molar-refractivity contribution is 0.395. The van der Waals surface area contributed by atoms with Gasteiger partial charge in [0.25, 0.3) is 0 Å². The molecule has 0 unspecified atom stereocenters. The van der Waals surface area contributed by atoms with Gasteiger partial charge in [-0.1, -0.05) is 194 Å². The van der Waals surface area contributed by atoms with Crippen molar-refractivity contribution in [3.63, 3.8) is 0 Å². The second kappa shape index (κ2) is 16.0. The molecule has 8 heteroatoms. The Morgan fingerprint density at radius 1 is 0.314 bits per heavy atom. The molecule has 0 fully saturated rings. The summed E-state index contributed by atoms with van der Waals surface area (Å²) in [7, 11) is -2.39. The van der Waals surface area contributed by atoms with E-state index in [1.165, 1.54) is 21.2 Å². The maximum absolute atomic E-state index is 12.2.